The molecule has 0 saturated heterocycles. The maximum absolute atomic E-state index is 12.0. The van der Waals surface area contributed by atoms with Crippen LogP contribution in [0.3, 0.4) is 0 Å². The van der Waals surface area contributed by atoms with Crippen molar-refractivity contribution in [1.82, 2.24) is 9.73 Å². The predicted molar refractivity (Wildman–Crippen MR) is 104 cm³/mol. The van der Waals surface area contributed by atoms with E-state index in [0.29, 0.717) is 11.4 Å². The summed E-state index contributed by atoms with van der Waals surface area (Å²) in [6.45, 7) is -0.0766. The largest absolute Gasteiger partial charge is 0.272 e. The number of amides is 1. The van der Waals surface area contributed by atoms with Gasteiger partial charge in [0, 0.05) is 11.6 Å². The SMILES string of the molecule is CS(=O)(=O)N(CCc1ccccc1)CC(=O)NN=Cc1cccc(Cl)c1. The Kier molecular flexibility index (Phi) is 7.32. The molecule has 2 aromatic rings. The van der Waals surface area contributed by atoms with Gasteiger partial charge in [-0.2, -0.15) is 9.41 Å². The molecule has 2 rings (SSSR count). The number of nitrogens with one attached hydrogen (secondary N) is 1. The van der Waals surface area contributed by atoms with E-state index in [1.807, 2.05) is 30.3 Å². The number of rotatable bonds is 8. The van der Waals surface area contributed by atoms with Crippen LogP contribution in [0.2, 0.25) is 5.02 Å². The van der Waals surface area contributed by atoms with E-state index in [2.05, 4.69) is 10.5 Å². The third-order valence-corrected chi connectivity index (χ3v) is 5.02. The summed E-state index contributed by atoms with van der Waals surface area (Å²) < 4.78 is 25.0. The molecular weight excluding hydrogens is 374 g/mol. The van der Waals surface area contributed by atoms with Crippen molar-refractivity contribution in [2.45, 2.75) is 6.42 Å². The molecule has 0 saturated carbocycles. The molecule has 0 atom stereocenters. The summed E-state index contributed by atoms with van der Waals surface area (Å²) >= 11 is 5.87. The van der Waals surface area contributed by atoms with Gasteiger partial charge in [0.05, 0.1) is 19.0 Å². The first-order valence-electron chi connectivity index (χ1n) is 7.91. The van der Waals surface area contributed by atoms with E-state index >= 15 is 0 Å². The van der Waals surface area contributed by atoms with Crippen molar-refractivity contribution in [1.29, 1.82) is 0 Å². The van der Waals surface area contributed by atoms with Crippen LogP contribution in [0.5, 0.6) is 0 Å². The van der Waals surface area contributed by atoms with Crippen molar-refractivity contribution in [3.05, 3.63) is 70.7 Å². The zero-order valence-electron chi connectivity index (χ0n) is 14.3. The van der Waals surface area contributed by atoms with E-state index < -0.39 is 15.9 Å². The number of carbonyl (C=O) groups is 1. The summed E-state index contributed by atoms with van der Waals surface area (Å²) in [6.07, 6.45) is 3.05. The molecule has 0 aliphatic carbocycles. The van der Waals surface area contributed by atoms with Crippen LogP contribution in [-0.2, 0) is 21.2 Å². The average molecular weight is 394 g/mol. The Bertz CT molecular complexity index is 870. The van der Waals surface area contributed by atoms with E-state index in [-0.39, 0.29) is 13.1 Å². The lowest BCUT2D eigenvalue weighted by Gasteiger charge is -2.18. The summed E-state index contributed by atoms with van der Waals surface area (Å²) in [5.41, 5.74) is 4.06. The van der Waals surface area contributed by atoms with Gasteiger partial charge in [-0.15, -0.1) is 0 Å². The summed E-state index contributed by atoms with van der Waals surface area (Å²) in [7, 11) is -3.51. The lowest BCUT2D eigenvalue weighted by atomic mass is 10.1. The Hall–Kier alpha value is -2.22. The molecule has 26 heavy (non-hydrogen) atoms. The highest BCUT2D eigenvalue weighted by molar-refractivity contribution is 7.88. The maximum atomic E-state index is 12.0. The molecule has 0 bridgehead atoms. The first-order chi connectivity index (χ1) is 12.3. The zero-order valence-corrected chi connectivity index (χ0v) is 15.9. The predicted octanol–water partition coefficient (Wildman–Crippen LogP) is 2.29. The second-order valence-corrected chi connectivity index (χ2v) is 8.10. The Morgan fingerprint density at radius 1 is 1.19 bits per heavy atom. The van der Waals surface area contributed by atoms with E-state index in [0.717, 1.165) is 21.7 Å². The Labute approximate surface area is 158 Å². The van der Waals surface area contributed by atoms with Gasteiger partial charge in [0.2, 0.25) is 10.0 Å². The Morgan fingerprint density at radius 3 is 2.58 bits per heavy atom. The van der Waals surface area contributed by atoms with Crippen molar-refractivity contribution >= 4 is 33.7 Å². The maximum Gasteiger partial charge on any atom is 0.255 e. The van der Waals surface area contributed by atoms with Crippen LogP contribution in [0.15, 0.2) is 59.7 Å². The standard InChI is InChI=1S/C18H20ClN3O3S/c1-26(24,25)22(11-10-15-6-3-2-4-7-15)14-18(23)21-20-13-16-8-5-9-17(19)12-16/h2-9,12-13H,10-11,14H2,1H3,(H,21,23). The lowest BCUT2D eigenvalue weighted by molar-refractivity contribution is -0.121. The quantitative estimate of drug-likeness (QED) is 0.552. The molecule has 0 fully saturated rings. The fourth-order valence-corrected chi connectivity index (χ4v) is 3.20. The third kappa shape index (κ3) is 6.95. The molecule has 0 aliphatic heterocycles. The molecule has 0 radical (unpaired) electrons. The van der Waals surface area contributed by atoms with Gasteiger partial charge in [0.15, 0.2) is 0 Å². The molecule has 0 spiro atoms. The molecule has 8 heteroatoms. The zero-order chi connectivity index (χ0) is 19.0. The normalized spacial score (nSPS) is 11.8. The molecule has 0 heterocycles. The summed E-state index contributed by atoms with van der Waals surface area (Å²) in [5.74, 6) is -0.512. The molecule has 138 valence electrons. The molecule has 6 nitrogen and oxygen atoms in total. The topological polar surface area (TPSA) is 78.8 Å². The average Bonchev–Trinajstić information content (AvgIpc) is 2.58. The van der Waals surface area contributed by atoms with Crippen molar-refractivity contribution in [2.75, 3.05) is 19.3 Å². The Morgan fingerprint density at radius 2 is 1.92 bits per heavy atom. The van der Waals surface area contributed by atoms with Crippen molar-refractivity contribution in [3.8, 4) is 0 Å². The van der Waals surface area contributed by atoms with E-state index in [9.17, 15) is 13.2 Å². The fraction of sp³-hybridized carbons (Fsp3) is 0.222. The van der Waals surface area contributed by atoms with Gasteiger partial charge in [0.1, 0.15) is 0 Å². The number of benzene rings is 2. The molecule has 0 aromatic heterocycles. The molecule has 2 aromatic carbocycles. The lowest BCUT2D eigenvalue weighted by Crippen LogP contribution is -2.40. The fourth-order valence-electron chi connectivity index (χ4n) is 2.22. The van der Waals surface area contributed by atoms with Gasteiger partial charge in [-0.25, -0.2) is 13.8 Å². The minimum absolute atomic E-state index is 0.217. The van der Waals surface area contributed by atoms with Gasteiger partial charge < -0.3 is 0 Å². The summed E-state index contributed by atoms with van der Waals surface area (Å²) in [6, 6.07) is 16.5. The van der Waals surface area contributed by atoms with Gasteiger partial charge in [-0.3, -0.25) is 4.79 Å². The number of nitrogens with zero attached hydrogens (tertiary/aromatic N) is 2. The first-order valence-corrected chi connectivity index (χ1v) is 10.1. The van der Waals surface area contributed by atoms with Gasteiger partial charge >= 0.3 is 0 Å². The van der Waals surface area contributed by atoms with E-state index in [4.69, 9.17) is 11.6 Å². The van der Waals surface area contributed by atoms with Crippen LogP contribution >= 0.6 is 11.6 Å². The molecular formula is C18H20ClN3O3S. The van der Waals surface area contributed by atoms with Gasteiger partial charge in [0.25, 0.3) is 5.91 Å². The van der Waals surface area contributed by atoms with Crippen LogP contribution in [0.25, 0.3) is 0 Å². The van der Waals surface area contributed by atoms with Crippen LogP contribution in [0.1, 0.15) is 11.1 Å². The number of carbonyl (C=O) groups excluding carboxylic acids is 1. The number of hydrogen-bond acceptors (Lipinski definition) is 4. The van der Waals surface area contributed by atoms with Gasteiger partial charge in [-0.05, 0) is 29.7 Å². The number of hydrazone groups is 1. The highest BCUT2D eigenvalue weighted by Crippen LogP contribution is 2.08. The highest BCUT2D eigenvalue weighted by atomic mass is 35.5. The van der Waals surface area contributed by atoms with Crippen molar-refractivity contribution in [2.24, 2.45) is 5.10 Å². The molecule has 0 aliphatic rings. The number of sulfonamides is 1. The summed E-state index contributed by atoms with van der Waals surface area (Å²) in [4.78, 5) is 12.0. The molecule has 0 unspecified atom stereocenters. The van der Waals surface area contributed by atoms with Crippen LogP contribution in [-0.4, -0.2) is 44.2 Å². The van der Waals surface area contributed by atoms with Crippen LogP contribution in [0, 0.1) is 0 Å². The number of hydrogen-bond donors (Lipinski definition) is 1. The molecule has 1 N–H and O–H groups in total. The minimum Gasteiger partial charge on any atom is -0.272 e. The van der Waals surface area contributed by atoms with E-state index in [1.165, 1.54) is 6.21 Å². The molecule has 1 amide bonds. The summed E-state index contributed by atoms with van der Waals surface area (Å²) in [5, 5.41) is 4.39. The van der Waals surface area contributed by atoms with Gasteiger partial charge in [-0.1, -0.05) is 54.1 Å². The second-order valence-electron chi connectivity index (χ2n) is 5.68. The highest BCUT2D eigenvalue weighted by Gasteiger charge is 2.19. The smallest absolute Gasteiger partial charge is 0.255 e. The monoisotopic (exact) mass is 393 g/mol. The second kappa shape index (κ2) is 9.47. The van der Waals surface area contributed by atoms with Crippen LogP contribution in [0.4, 0.5) is 0 Å². The van der Waals surface area contributed by atoms with Crippen LogP contribution < -0.4 is 5.43 Å². The van der Waals surface area contributed by atoms with Crippen molar-refractivity contribution in [3.63, 3.8) is 0 Å². The Balaban J connectivity index is 1.91. The first kappa shape index (κ1) is 20.1. The van der Waals surface area contributed by atoms with Crippen molar-refractivity contribution < 1.29 is 13.2 Å². The minimum atomic E-state index is -3.51. The van der Waals surface area contributed by atoms with E-state index in [1.54, 1.807) is 24.3 Å². The third-order valence-electron chi connectivity index (χ3n) is 3.53. The number of halogens is 1.